The smallest absolute Gasteiger partial charge is 0.0626 e. The number of rotatable bonds is 3. The second kappa shape index (κ2) is 5.14. The van der Waals surface area contributed by atoms with Crippen LogP contribution < -0.4 is 0 Å². The van der Waals surface area contributed by atoms with Gasteiger partial charge in [0, 0.05) is 0 Å². The average Bonchev–Trinajstić information content (AvgIpc) is 2.10. The van der Waals surface area contributed by atoms with Gasteiger partial charge in [-0.15, -0.1) is 0 Å². The predicted molar refractivity (Wildman–Crippen MR) is 63.3 cm³/mol. The van der Waals surface area contributed by atoms with E-state index in [0.717, 1.165) is 17.7 Å². The molecule has 1 aromatic rings. The first-order valence-electron chi connectivity index (χ1n) is 4.21. The highest BCUT2D eigenvalue weighted by Gasteiger charge is 2.10. The van der Waals surface area contributed by atoms with Gasteiger partial charge >= 0.3 is 0 Å². The van der Waals surface area contributed by atoms with Crippen LogP contribution in [0.25, 0.3) is 0 Å². The van der Waals surface area contributed by atoms with Gasteiger partial charge in [0.1, 0.15) is 0 Å². The molecule has 0 heterocycles. The molecular formula is C10H12Cl2S. The van der Waals surface area contributed by atoms with Gasteiger partial charge in [-0.05, 0) is 29.7 Å². The van der Waals surface area contributed by atoms with Crippen molar-refractivity contribution in [2.45, 2.75) is 19.3 Å². The Morgan fingerprint density at radius 2 is 2.08 bits per heavy atom. The van der Waals surface area contributed by atoms with Crippen molar-refractivity contribution in [2.75, 3.05) is 5.75 Å². The topological polar surface area (TPSA) is 0 Å². The van der Waals surface area contributed by atoms with Crippen molar-refractivity contribution in [1.29, 1.82) is 0 Å². The van der Waals surface area contributed by atoms with E-state index in [0.29, 0.717) is 16.0 Å². The summed E-state index contributed by atoms with van der Waals surface area (Å²) in [6.07, 6.45) is 1.02. The summed E-state index contributed by atoms with van der Waals surface area (Å²) in [5.41, 5.74) is 1.11. The minimum Gasteiger partial charge on any atom is -0.179 e. The lowest BCUT2D eigenvalue weighted by atomic mass is 9.99. The summed E-state index contributed by atoms with van der Waals surface area (Å²) in [6.45, 7) is 2.13. The zero-order chi connectivity index (χ0) is 9.84. The maximum atomic E-state index is 6.07. The summed E-state index contributed by atoms with van der Waals surface area (Å²) < 4.78 is 0. The first kappa shape index (κ1) is 11.2. The molecular weight excluding hydrogens is 223 g/mol. The number of hydrogen-bond acceptors (Lipinski definition) is 1. The van der Waals surface area contributed by atoms with Crippen LogP contribution in [0.4, 0.5) is 0 Å². The largest absolute Gasteiger partial charge is 0.179 e. The lowest BCUT2D eigenvalue weighted by molar-refractivity contribution is 0.742. The van der Waals surface area contributed by atoms with Crippen LogP contribution in [0.2, 0.25) is 10.0 Å². The van der Waals surface area contributed by atoms with Gasteiger partial charge in [-0.2, -0.15) is 12.6 Å². The summed E-state index contributed by atoms with van der Waals surface area (Å²) >= 11 is 16.2. The van der Waals surface area contributed by atoms with Crippen LogP contribution in [0.5, 0.6) is 0 Å². The molecule has 0 saturated heterocycles. The zero-order valence-corrected chi connectivity index (χ0v) is 9.83. The molecule has 0 aliphatic carbocycles. The van der Waals surface area contributed by atoms with Crippen molar-refractivity contribution in [1.82, 2.24) is 0 Å². The highest BCUT2D eigenvalue weighted by molar-refractivity contribution is 7.80. The van der Waals surface area contributed by atoms with Crippen LogP contribution in [0.1, 0.15) is 24.8 Å². The van der Waals surface area contributed by atoms with E-state index in [2.05, 4.69) is 19.6 Å². The van der Waals surface area contributed by atoms with E-state index in [1.807, 2.05) is 12.1 Å². The number of benzene rings is 1. The first-order valence-corrected chi connectivity index (χ1v) is 5.60. The molecule has 1 rings (SSSR count). The standard InChI is InChI=1S/C10H12Cl2S/c1-7(5-6-13)8-3-2-4-9(11)10(8)12/h2-4,7,13H,5-6H2,1H3. The molecule has 0 saturated carbocycles. The molecule has 0 fully saturated rings. The number of hydrogen-bond donors (Lipinski definition) is 1. The Bertz CT molecular complexity index is 286. The molecule has 0 aliphatic rings. The molecule has 13 heavy (non-hydrogen) atoms. The van der Waals surface area contributed by atoms with Crippen molar-refractivity contribution in [3.8, 4) is 0 Å². The van der Waals surface area contributed by atoms with E-state index < -0.39 is 0 Å². The summed E-state index contributed by atoms with van der Waals surface area (Å²) in [5.74, 6) is 1.29. The molecule has 1 unspecified atom stereocenters. The van der Waals surface area contributed by atoms with E-state index in [-0.39, 0.29) is 0 Å². The summed E-state index contributed by atoms with van der Waals surface area (Å²) in [7, 11) is 0. The third-order valence-electron chi connectivity index (χ3n) is 2.07. The summed E-state index contributed by atoms with van der Waals surface area (Å²) in [6, 6.07) is 5.75. The molecule has 0 aromatic heterocycles. The Morgan fingerprint density at radius 3 is 2.69 bits per heavy atom. The third-order valence-corrected chi connectivity index (χ3v) is 3.17. The van der Waals surface area contributed by atoms with Crippen molar-refractivity contribution < 1.29 is 0 Å². The van der Waals surface area contributed by atoms with Crippen LogP contribution in [0.3, 0.4) is 0 Å². The fourth-order valence-corrected chi connectivity index (χ4v) is 2.13. The van der Waals surface area contributed by atoms with Gasteiger partial charge < -0.3 is 0 Å². The SMILES string of the molecule is CC(CCS)c1cccc(Cl)c1Cl. The molecule has 72 valence electrons. The maximum Gasteiger partial charge on any atom is 0.0626 e. The lowest BCUT2D eigenvalue weighted by Gasteiger charge is -2.12. The van der Waals surface area contributed by atoms with Gasteiger partial charge in [-0.25, -0.2) is 0 Å². The van der Waals surface area contributed by atoms with Gasteiger partial charge in [-0.3, -0.25) is 0 Å². The number of halogens is 2. The van der Waals surface area contributed by atoms with Crippen LogP contribution >= 0.6 is 35.8 Å². The molecule has 1 atom stereocenters. The fourth-order valence-electron chi connectivity index (χ4n) is 1.25. The zero-order valence-electron chi connectivity index (χ0n) is 7.43. The molecule has 0 spiro atoms. The summed E-state index contributed by atoms with van der Waals surface area (Å²) in [5, 5.41) is 1.31. The quantitative estimate of drug-likeness (QED) is 0.737. The first-order chi connectivity index (χ1) is 6.16. The number of thiol groups is 1. The van der Waals surface area contributed by atoms with E-state index in [1.165, 1.54) is 0 Å². The minimum absolute atomic E-state index is 0.420. The van der Waals surface area contributed by atoms with Crippen LogP contribution in [0, 0.1) is 0 Å². The van der Waals surface area contributed by atoms with Gasteiger partial charge in [0.25, 0.3) is 0 Å². The fraction of sp³-hybridized carbons (Fsp3) is 0.400. The van der Waals surface area contributed by atoms with E-state index >= 15 is 0 Å². The highest BCUT2D eigenvalue weighted by Crippen LogP contribution is 2.32. The monoisotopic (exact) mass is 234 g/mol. The Morgan fingerprint density at radius 1 is 1.38 bits per heavy atom. The minimum atomic E-state index is 0.420. The van der Waals surface area contributed by atoms with Crippen molar-refractivity contribution in [3.63, 3.8) is 0 Å². The Kier molecular flexibility index (Phi) is 4.43. The van der Waals surface area contributed by atoms with E-state index in [9.17, 15) is 0 Å². The highest BCUT2D eigenvalue weighted by atomic mass is 35.5. The molecule has 0 radical (unpaired) electrons. The molecule has 0 bridgehead atoms. The summed E-state index contributed by atoms with van der Waals surface area (Å²) in [4.78, 5) is 0. The lowest BCUT2D eigenvalue weighted by Crippen LogP contribution is -1.95. The van der Waals surface area contributed by atoms with Crippen LogP contribution in [-0.2, 0) is 0 Å². The Balaban J connectivity index is 2.93. The average molecular weight is 235 g/mol. The second-order valence-electron chi connectivity index (χ2n) is 3.06. The Labute approximate surface area is 94.7 Å². The maximum absolute atomic E-state index is 6.07. The molecule has 0 amide bonds. The predicted octanol–water partition coefficient (Wildman–Crippen LogP) is 4.42. The Hall–Kier alpha value is 0.150. The van der Waals surface area contributed by atoms with E-state index in [1.54, 1.807) is 6.07 Å². The molecule has 0 N–H and O–H groups in total. The third kappa shape index (κ3) is 2.80. The van der Waals surface area contributed by atoms with Gasteiger partial charge in [-0.1, -0.05) is 42.3 Å². The van der Waals surface area contributed by atoms with Gasteiger partial charge in [0.2, 0.25) is 0 Å². The normalized spacial score (nSPS) is 12.9. The molecule has 1 aromatic carbocycles. The molecule has 0 aliphatic heterocycles. The van der Waals surface area contributed by atoms with Crippen LogP contribution in [0.15, 0.2) is 18.2 Å². The molecule has 0 nitrogen and oxygen atoms in total. The van der Waals surface area contributed by atoms with E-state index in [4.69, 9.17) is 23.2 Å². The van der Waals surface area contributed by atoms with Crippen molar-refractivity contribution in [2.24, 2.45) is 0 Å². The second-order valence-corrected chi connectivity index (χ2v) is 4.29. The van der Waals surface area contributed by atoms with Crippen LogP contribution in [-0.4, -0.2) is 5.75 Å². The van der Waals surface area contributed by atoms with Gasteiger partial charge in [0.15, 0.2) is 0 Å². The van der Waals surface area contributed by atoms with Gasteiger partial charge in [0.05, 0.1) is 10.0 Å². The van der Waals surface area contributed by atoms with Crippen molar-refractivity contribution >= 4 is 35.8 Å². The molecule has 3 heteroatoms. The van der Waals surface area contributed by atoms with Crippen molar-refractivity contribution in [3.05, 3.63) is 33.8 Å².